The summed E-state index contributed by atoms with van der Waals surface area (Å²) in [5.41, 5.74) is 1.67. The van der Waals surface area contributed by atoms with Crippen LogP contribution >= 0.6 is 11.8 Å². The number of hydrogen-bond acceptors (Lipinski definition) is 4. The molecule has 3 rings (SSSR count). The Hall–Kier alpha value is -2.60. The molecule has 3 aromatic rings. The van der Waals surface area contributed by atoms with Crippen molar-refractivity contribution >= 4 is 28.6 Å². The van der Waals surface area contributed by atoms with Gasteiger partial charge < -0.3 is 5.32 Å². The number of aromatic nitrogens is 2. The van der Waals surface area contributed by atoms with Gasteiger partial charge in [-0.15, -0.1) is 11.8 Å². The second kappa shape index (κ2) is 7.98. The Kier molecular flexibility index (Phi) is 5.50. The molecule has 0 radical (unpaired) electrons. The average molecular weight is 353 g/mol. The molecule has 0 aliphatic heterocycles. The van der Waals surface area contributed by atoms with E-state index < -0.39 is 0 Å². The molecule has 0 aliphatic carbocycles. The fraction of sp³-hybridized carbons (Fsp3) is 0.211. The minimum absolute atomic E-state index is 0.0220. The van der Waals surface area contributed by atoms with Crippen LogP contribution in [0.2, 0.25) is 0 Å². The molecule has 0 atom stereocenters. The van der Waals surface area contributed by atoms with Crippen molar-refractivity contribution in [2.75, 3.05) is 12.3 Å². The lowest BCUT2D eigenvalue weighted by atomic mass is 10.2. The van der Waals surface area contributed by atoms with E-state index in [4.69, 9.17) is 0 Å². The van der Waals surface area contributed by atoms with Crippen LogP contribution < -0.4 is 10.9 Å². The van der Waals surface area contributed by atoms with E-state index in [2.05, 4.69) is 41.5 Å². The van der Waals surface area contributed by atoms with E-state index in [1.165, 1.54) is 21.4 Å². The molecule has 0 saturated carbocycles. The summed E-state index contributed by atoms with van der Waals surface area (Å²) < 4.78 is 1.34. The summed E-state index contributed by atoms with van der Waals surface area (Å²) in [5, 5.41) is 3.36. The number of thioether (sulfide) groups is 1. The highest BCUT2D eigenvalue weighted by Gasteiger charge is 2.07. The number of fused-ring (bicyclic) bond motifs is 1. The molecular weight excluding hydrogens is 334 g/mol. The Labute approximate surface area is 150 Å². The van der Waals surface area contributed by atoms with Crippen molar-refractivity contribution in [1.29, 1.82) is 0 Å². The van der Waals surface area contributed by atoms with Gasteiger partial charge >= 0.3 is 0 Å². The van der Waals surface area contributed by atoms with Gasteiger partial charge in [-0.05, 0) is 31.2 Å². The van der Waals surface area contributed by atoms with Gasteiger partial charge in [0.1, 0.15) is 6.54 Å². The first-order valence-corrected chi connectivity index (χ1v) is 9.02. The van der Waals surface area contributed by atoms with Crippen molar-refractivity contribution < 1.29 is 4.79 Å². The van der Waals surface area contributed by atoms with Gasteiger partial charge in [0.05, 0.1) is 17.2 Å². The number of benzene rings is 2. The Morgan fingerprint density at radius 2 is 1.92 bits per heavy atom. The van der Waals surface area contributed by atoms with Crippen molar-refractivity contribution in [2.45, 2.75) is 18.4 Å². The summed E-state index contributed by atoms with van der Waals surface area (Å²) in [5.74, 6) is 0.586. The number of amides is 1. The molecule has 6 heteroatoms. The largest absolute Gasteiger partial charge is 0.354 e. The molecule has 0 fully saturated rings. The van der Waals surface area contributed by atoms with Gasteiger partial charge in [0.15, 0.2) is 0 Å². The van der Waals surface area contributed by atoms with Crippen molar-refractivity contribution in [2.24, 2.45) is 0 Å². The van der Waals surface area contributed by atoms with Crippen LogP contribution in [0.25, 0.3) is 10.9 Å². The summed E-state index contributed by atoms with van der Waals surface area (Å²) in [6.45, 7) is 2.58. The van der Waals surface area contributed by atoms with Crippen LogP contribution in [0, 0.1) is 6.92 Å². The number of carbonyl (C=O) groups is 1. The highest BCUT2D eigenvalue weighted by Crippen LogP contribution is 2.17. The normalized spacial score (nSPS) is 10.8. The third-order valence-electron chi connectivity index (χ3n) is 3.76. The van der Waals surface area contributed by atoms with Gasteiger partial charge in [0, 0.05) is 17.2 Å². The van der Waals surface area contributed by atoms with Crippen LogP contribution in [-0.2, 0) is 11.3 Å². The van der Waals surface area contributed by atoms with Crippen LogP contribution in [-0.4, -0.2) is 27.8 Å². The van der Waals surface area contributed by atoms with Gasteiger partial charge in [0.25, 0.3) is 5.56 Å². The zero-order valence-corrected chi connectivity index (χ0v) is 14.8. The maximum absolute atomic E-state index is 12.3. The second-order valence-corrected chi connectivity index (χ2v) is 6.87. The first-order chi connectivity index (χ1) is 12.1. The van der Waals surface area contributed by atoms with Gasteiger partial charge in [-0.1, -0.05) is 29.8 Å². The van der Waals surface area contributed by atoms with Gasteiger partial charge in [-0.25, -0.2) is 4.98 Å². The standard InChI is InChI=1S/C19H19N3O2S/c1-14-6-8-15(9-7-14)25-11-10-20-18(23)12-22-13-21-17-5-3-2-4-16(17)19(22)24/h2-9,13H,10-12H2,1H3,(H,20,23). The third kappa shape index (κ3) is 4.48. The molecule has 0 unspecified atom stereocenters. The maximum atomic E-state index is 12.3. The molecule has 5 nitrogen and oxygen atoms in total. The molecule has 2 aromatic carbocycles. The molecule has 1 N–H and O–H groups in total. The summed E-state index contributed by atoms with van der Waals surface area (Å²) in [7, 11) is 0. The van der Waals surface area contributed by atoms with Crippen molar-refractivity contribution in [3.63, 3.8) is 0 Å². The van der Waals surface area contributed by atoms with Gasteiger partial charge in [0.2, 0.25) is 5.91 Å². The lowest BCUT2D eigenvalue weighted by Gasteiger charge is -2.08. The van der Waals surface area contributed by atoms with E-state index in [9.17, 15) is 9.59 Å². The first-order valence-electron chi connectivity index (χ1n) is 8.04. The molecule has 128 valence electrons. The predicted octanol–water partition coefficient (Wildman–Crippen LogP) is 2.61. The fourth-order valence-electron chi connectivity index (χ4n) is 2.42. The lowest BCUT2D eigenvalue weighted by Crippen LogP contribution is -2.33. The third-order valence-corrected chi connectivity index (χ3v) is 4.77. The number of rotatable bonds is 6. The predicted molar refractivity (Wildman–Crippen MR) is 101 cm³/mol. The van der Waals surface area contributed by atoms with Crippen LogP contribution in [0.5, 0.6) is 0 Å². The quantitative estimate of drug-likeness (QED) is 0.546. The first kappa shape index (κ1) is 17.2. The summed E-state index contributed by atoms with van der Waals surface area (Å²) >= 11 is 1.69. The van der Waals surface area contributed by atoms with Crippen LogP contribution in [0.1, 0.15) is 5.56 Å². The SMILES string of the molecule is Cc1ccc(SCCNC(=O)Cn2cnc3ccccc3c2=O)cc1. The Morgan fingerprint density at radius 1 is 1.16 bits per heavy atom. The Bertz CT molecular complexity index is 935. The highest BCUT2D eigenvalue weighted by atomic mass is 32.2. The van der Waals surface area contributed by atoms with Crippen LogP contribution in [0.3, 0.4) is 0 Å². The van der Waals surface area contributed by atoms with Crippen molar-refractivity contribution in [1.82, 2.24) is 14.9 Å². The lowest BCUT2D eigenvalue weighted by molar-refractivity contribution is -0.121. The van der Waals surface area contributed by atoms with Crippen molar-refractivity contribution in [3.05, 3.63) is 70.8 Å². The number of nitrogens with zero attached hydrogens (tertiary/aromatic N) is 2. The monoisotopic (exact) mass is 353 g/mol. The summed E-state index contributed by atoms with van der Waals surface area (Å²) in [6.07, 6.45) is 1.42. The molecule has 0 saturated heterocycles. The van der Waals surface area contributed by atoms with Gasteiger partial charge in [-0.3, -0.25) is 14.2 Å². The minimum atomic E-state index is -0.199. The highest BCUT2D eigenvalue weighted by molar-refractivity contribution is 7.99. The number of nitrogens with one attached hydrogen (secondary N) is 1. The van der Waals surface area contributed by atoms with E-state index in [1.54, 1.807) is 30.0 Å². The molecule has 1 aromatic heterocycles. The summed E-state index contributed by atoms with van der Waals surface area (Å²) in [6, 6.07) is 15.4. The molecule has 0 bridgehead atoms. The Morgan fingerprint density at radius 3 is 2.72 bits per heavy atom. The van der Waals surface area contributed by atoms with E-state index in [0.717, 1.165) is 5.75 Å². The zero-order chi connectivity index (χ0) is 17.6. The van der Waals surface area contributed by atoms with Crippen LogP contribution in [0.15, 0.2) is 64.5 Å². The van der Waals surface area contributed by atoms with E-state index in [-0.39, 0.29) is 18.0 Å². The average Bonchev–Trinajstić information content (AvgIpc) is 2.63. The number of carbonyl (C=O) groups excluding carboxylic acids is 1. The smallest absolute Gasteiger partial charge is 0.261 e. The molecule has 0 spiro atoms. The summed E-state index contributed by atoms with van der Waals surface area (Å²) in [4.78, 5) is 29.8. The molecule has 0 aliphatic rings. The Balaban J connectivity index is 1.52. The van der Waals surface area contributed by atoms with Crippen LogP contribution in [0.4, 0.5) is 0 Å². The topological polar surface area (TPSA) is 64.0 Å². The maximum Gasteiger partial charge on any atom is 0.261 e. The molecule has 1 heterocycles. The second-order valence-electron chi connectivity index (χ2n) is 5.71. The molecule has 25 heavy (non-hydrogen) atoms. The van der Waals surface area contributed by atoms with Crippen molar-refractivity contribution in [3.8, 4) is 0 Å². The molecule has 1 amide bonds. The van der Waals surface area contributed by atoms with E-state index in [1.807, 2.05) is 6.07 Å². The van der Waals surface area contributed by atoms with Gasteiger partial charge in [-0.2, -0.15) is 0 Å². The number of hydrogen-bond donors (Lipinski definition) is 1. The number of aryl methyl sites for hydroxylation is 1. The fourth-order valence-corrected chi connectivity index (χ4v) is 3.19. The molecular formula is C19H19N3O2S. The van der Waals surface area contributed by atoms with E-state index in [0.29, 0.717) is 17.4 Å². The minimum Gasteiger partial charge on any atom is -0.354 e. The van der Waals surface area contributed by atoms with E-state index >= 15 is 0 Å². The zero-order valence-electron chi connectivity index (χ0n) is 13.9. The number of para-hydroxylation sites is 1.